The quantitative estimate of drug-likeness (QED) is 0.553. The van der Waals surface area contributed by atoms with Crippen LogP contribution in [0.1, 0.15) is 25.7 Å². The van der Waals surface area contributed by atoms with Gasteiger partial charge in [-0.3, -0.25) is 19.7 Å². The number of rotatable bonds is 7. The molecule has 9 nitrogen and oxygen atoms in total. The Kier molecular flexibility index (Phi) is 6.78. The first-order chi connectivity index (χ1) is 15.7. The third-order valence-electron chi connectivity index (χ3n) is 6.44. The van der Waals surface area contributed by atoms with Crippen LogP contribution in [0, 0.1) is 11.8 Å². The first-order valence-corrected chi connectivity index (χ1v) is 12.5. The van der Waals surface area contributed by atoms with Gasteiger partial charge in [0.2, 0.25) is 21.8 Å². The maximum Gasteiger partial charge on any atom is 0.305 e. The summed E-state index contributed by atoms with van der Waals surface area (Å²) in [6.45, 7) is 2.40. The van der Waals surface area contributed by atoms with Crippen molar-refractivity contribution in [2.45, 2.75) is 36.6 Å². The Morgan fingerprint density at radius 2 is 1.76 bits per heavy atom. The van der Waals surface area contributed by atoms with Crippen molar-refractivity contribution in [3.63, 3.8) is 0 Å². The summed E-state index contributed by atoms with van der Waals surface area (Å²) in [5.74, 6) is -2.76. The van der Waals surface area contributed by atoms with Crippen molar-refractivity contribution < 1.29 is 27.9 Å². The Morgan fingerprint density at radius 1 is 1.06 bits per heavy atom. The van der Waals surface area contributed by atoms with Crippen molar-refractivity contribution in [3.8, 4) is 0 Å². The molecule has 2 atom stereocenters. The highest BCUT2D eigenvalue weighted by Crippen LogP contribution is 2.30. The topological polar surface area (TPSA) is 133 Å². The fourth-order valence-corrected chi connectivity index (χ4v) is 5.88. The number of aliphatic carboxylic acids is 1. The molecule has 2 aromatic carbocycles. The van der Waals surface area contributed by atoms with Crippen molar-refractivity contribution in [2.75, 3.05) is 19.6 Å². The summed E-state index contributed by atoms with van der Waals surface area (Å²) in [7, 11) is -4.21. The zero-order valence-corrected chi connectivity index (χ0v) is 18.9. The Labute approximate surface area is 192 Å². The number of imide groups is 1. The second kappa shape index (κ2) is 9.58. The molecule has 1 unspecified atom stereocenters. The number of hydrogen-bond donors (Lipinski definition) is 3. The van der Waals surface area contributed by atoms with E-state index in [1.807, 2.05) is 12.1 Å². The number of carbonyl (C=O) groups is 3. The molecule has 2 amide bonds. The standard InChI is InChI=1S/C23H27N3O6S/c27-21(28)13-20(23(30)24-22(29)18-11-15-7-9-26(14-18)10-8-15)25-33(31,32)19-6-5-16-3-1-2-4-17(16)12-19/h1-6,12,15,18,20,25H,7-11,13-14H2,(H,27,28)(H,24,29,30)/t18?,20-/m0/s1. The lowest BCUT2D eigenvalue weighted by Crippen LogP contribution is -2.51. The van der Waals surface area contributed by atoms with Gasteiger partial charge in [-0.1, -0.05) is 30.3 Å². The number of piperidine rings is 1. The molecule has 2 bridgehead atoms. The minimum atomic E-state index is -4.21. The zero-order chi connectivity index (χ0) is 23.6. The Bertz CT molecular complexity index is 1160. The molecule has 3 heterocycles. The van der Waals surface area contributed by atoms with Crippen LogP contribution in [0.5, 0.6) is 0 Å². The molecule has 0 radical (unpaired) electrons. The van der Waals surface area contributed by atoms with Gasteiger partial charge in [-0.25, -0.2) is 8.42 Å². The van der Waals surface area contributed by atoms with Crippen molar-refractivity contribution in [3.05, 3.63) is 42.5 Å². The largest absolute Gasteiger partial charge is 0.481 e. The van der Waals surface area contributed by atoms with Gasteiger partial charge in [0.1, 0.15) is 6.04 Å². The average molecular weight is 474 g/mol. The van der Waals surface area contributed by atoms with Gasteiger partial charge >= 0.3 is 5.97 Å². The lowest BCUT2D eigenvalue weighted by molar-refractivity contribution is -0.141. The lowest BCUT2D eigenvalue weighted by atomic mass is 9.90. The summed E-state index contributed by atoms with van der Waals surface area (Å²) in [5, 5.41) is 13.0. The fraction of sp³-hybridized carbons (Fsp3) is 0.435. The molecule has 10 heteroatoms. The summed E-state index contributed by atoms with van der Waals surface area (Å²) in [4.78, 5) is 39.0. The molecule has 2 aromatic rings. The van der Waals surface area contributed by atoms with E-state index in [9.17, 15) is 27.9 Å². The number of sulfonamides is 1. The number of fused-ring (bicyclic) bond motifs is 5. The fourth-order valence-electron chi connectivity index (χ4n) is 4.65. The van der Waals surface area contributed by atoms with E-state index in [2.05, 4.69) is 14.9 Å². The number of nitrogens with zero attached hydrogens (tertiary/aromatic N) is 1. The molecule has 0 aliphatic carbocycles. The van der Waals surface area contributed by atoms with E-state index < -0.39 is 40.3 Å². The molecule has 3 saturated heterocycles. The summed E-state index contributed by atoms with van der Waals surface area (Å²) in [6, 6.07) is 10.0. The van der Waals surface area contributed by atoms with Crippen molar-refractivity contribution in [2.24, 2.45) is 11.8 Å². The van der Waals surface area contributed by atoms with Gasteiger partial charge in [-0.15, -0.1) is 0 Å². The van der Waals surface area contributed by atoms with Crippen LogP contribution in [0.4, 0.5) is 0 Å². The molecule has 3 aliphatic rings. The maximum absolute atomic E-state index is 12.9. The van der Waals surface area contributed by atoms with Gasteiger partial charge in [0.05, 0.1) is 17.2 Å². The number of carboxylic acids is 1. The monoisotopic (exact) mass is 473 g/mol. The third kappa shape index (κ3) is 5.58. The molecule has 0 spiro atoms. The summed E-state index contributed by atoms with van der Waals surface area (Å²) in [6.07, 6.45) is 1.92. The van der Waals surface area contributed by atoms with Crippen LogP contribution in [-0.4, -0.2) is 61.9 Å². The predicted octanol–water partition coefficient (Wildman–Crippen LogP) is 1.34. The van der Waals surface area contributed by atoms with E-state index in [0.717, 1.165) is 31.3 Å². The highest BCUT2D eigenvalue weighted by molar-refractivity contribution is 7.89. The third-order valence-corrected chi connectivity index (χ3v) is 7.91. The second-order valence-corrected chi connectivity index (χ2v) is 10.5. The van der Waals surface area contributed by atoms with Gasteiger partial charge in [0, 0.05) is 6.54 Å². The molecule has 0 aromatic heterocycles. The Hall–Kier alpha value is -2.82. The normalized spacial score (nSPS) is 23.6. The number of carbonyl (C=O) groups excluding carboxylic acids is 2. The number of benzene rings is 2. The molecule has 3 fully saturated rings. The van der Waals surface area contributed by atoms with Crippen LogP contribution in [-0.2, 0) is 24.4 Å². The summed E-state index contributed by atoms with van der Waals surface area (Å²) >= 11 is 0. The molecule has 3 N–H and O–H groups in total. The molecule has 3 aliphatic heterocycles. The highest BCUT2D eigenvalue weighted by Gasteiger charge is 2.35. The smallest absolute Gasteiger partial charge is 0.305 e. The minimum absolute atomic E-state index is 0.0936. The molecule has 5 rings (SSSR count). The van der Waals surface area contributed by atoms with E-state index in [0.29, 0.717) is 24.3 Å². The van der Waals surface area contributed by atoms with Crippen LogP contribution in [0.2, 0.25) is 0 Å². The van der Waals surface area contributed by atoms with Gasteiger partial charge in [0.15, 0.2) is 0 Å². The molecule has 33 heavy (non-hydrogen) atoms. The summed E-state index contributed by atoms with van der Waals surface area (Å²) < 4.78 is 28.0. The van der Waals surface area contributed by atoms with E-state index >= 15 is 0 Å². The van der Waals surface area contributed by atoms with Gasteiger partial charge in [-0.05, 0) is 61.2 Å². The van der Waals surface area contributed by atoms with Crippen LogP contribution in [0.3, 0.4) is 0 Å². The molecular weight excluding hydrogens is 446 g/mol. The lowest BCUT2D eigenvalue weighted by Gasteiger charge is -2.26. The van der Waals surface area contributed by atoms with Crippen molar-refractivity contribution in [1.82, 2.24) is 14.9 Å². The Balaban J connectivity index is 1.49. The minimum Gasteiger partial charge on any atom is -0.481 e. The number of hydrogen-bond acceptors (Lipinski definition) is 6. The van der Waals surface area contributed by atoms with Gasteiger partial charge < -0.3 is 10.0 Å². The molecular formula is C23H27N3O6S. The second-order valence-electron chi connectivity index (χ2n) is 8.81. The van der Waals surface area contributed by atoms with Crippen LogP contribution < -0.4 is 10.0 Å². The van der Waals surface area contributed by atoms with E-state index in [1.54, 1.807) is 18.2 Å². The first kappa shape index (κ1) is 23.3. The predicted molar refractivity (Wildman–Crippen MR) is 121 cm³/mol. The Morgan fingerprint density at radius 3 is 2.45 bits per heavy atom. The van der Waals surface area contributed by atoms with Gasteiger partial charge in [0.25, 0.3) is 0 Å². The maximum atomic E-state index is 12.9. The molecule has 176 valence electrons. The number of carboxylic acid groups (broad SMARTS) is 1. The first-order valence-electron chi connectivity index (χ1n) is 11.0. The zero-order valence-electron chi connectivity index (χ0n) is 18.1. The number of nitrogens with one attached hydrogen (secondary N) is 2. The SMILES string of the molecule is O=C(O)C[C@H](NS(=O)(=O)c1ccc2ccccc2c1)C(=O)NC(=O)C1CC2CCN(CC2)C1. The van der Waals surface area contributed by atoms with E-state index in [4.69, 9.17) is 0 Å². The molecule has 0 saturated carbocycles. The van der Waals surface area contributed by atoms with E-state index in [1.165, 1.54) is 12.1 Å². The summed E-state index contributed by atoms with van der Waals surface area (Å²) in [5.41, 5.74) is 0. The van der Waals surface area contributed by atoms with Crippen molar-refractivity contribution in [1.29, 1.82) is 0 Å². The van der Waals surface area contributed by atoms with Crippen LogP contribution >= 0.6 is 0 Å². The van der Waals surface area contributed by atoms with Crippen LogP contribution in [0.15, 0.2) is 47.4 Å². The van der Waals surface area contributed by atoms with Gasteiger partial charge in [-0.2, -0.15) is 4.72 Å². The number of amides is 2. The van der Waals surface area contributed by atoms with Crippen LogP contribution in [0.25, 0.3) is 10.8 Å². The average Bonchev–Trinajstić information content (AvgIpc) is 3.12. The highest BCUT2D eigenvalue weighted by atomic mass is 32.2. The van der Waals surface area contributed by atoms with Crippen molar-refractivity contribution >= 4 is 38.6 Å². The van der Waals surface area contributed by atoms with E-state index in [-0.39, 0.29) is 10.8 Å².